The zero-order chi connectivity index (χ0) is 19.6. The molecule has 1 unspecified atom stereocenters. The summed E-state index contributed by atoms with van der Waals surface area (Å²) in [6.07, 6.45) is 1.04. The molecule has 0 saturated heterocycles. The molecule has 3 aromatic carbocycles. The van der Waals surface area contributed by atoms with Gasteiger partial charge in [-0.1, -0.05) is 48.5 Å². The summed E-state index contributed by atoms with van der Waals surface area (Å²) in [5, 5.41) is 1.96. The summed E-state index contributed by atoms with van der Waals surface area (Å²) in [6, 6.07) is 24.3. The minimum absolute atomic E-state index is 0.180. The Morgan fingerprint density at radius 1 is 0.897 bits per heavy atom. The highest BCUT2D eigenvalue weighted by Gasteiger charge is 2.26. The normalized spacial score (nSPS) is 13.2. The summed E-state index contributed by atoms with van der Waals surface area (Å²) < 4.78 is 16.9. The first-order valence-corrected chi connectivity index (χ1v) is 9.29. The van der Waals surface area contributed by atoms with Crippen molar-refractivity contribution in [2.24, 2.45) is 0 Å². The number of fused-ring (bicyclic) bond motifs is 2. The van der Waals surface area contributed by atoms with Crippen LogP contribution < -0.4 is 9.47 Å². The summed E-state index contributed by atoms with van der Waals surface area (Å²) in [5.41, 5.74) is 1.92. The van der Waals surface area contributed by atoms with E-state index in [0.717, 1.165) is 16.3 Å². The van der Waals surface area contributed by atoms with Crippen LogP contribution >= 0.6 is 0 Å². The number of benzene rings is 3. The van der Waals surface area contributed by atoms with E-state index in [4.69, 9.17) is 14.2 Å². The van der Waals surface area contributed by atoms with Gasteiger partial charge in [0.15, 0.2) is 17.6 Å². The van der Waals surface area contributed by atoms with Crippen molar-refractivity contribution in [3.8, 4) is 11.5 Å². The van der Waals surface area contributed by atoms with Crippen molar-refractivity contribution in [1.82, 2.24) is 4.98 Å². The van der Waals surface area contributed by atoms with Gasteiger partial charge in [-0.2, -0.15) is 0 Å². The van der Waals surface area contributed by atoms with E-state index in [-0.39, 0.29) is 6.79 Å². The summed E-state index contributed by atoms with van der Waals surface area (Å²) >= 11 is 0. The van der Waals surface area contributed by atoms with E-state index < -0.39 is 12.1 Å². The van der Waals surface area contributed by atoms with E-state index in [1.807, 2.05) is 66.7 Å². The van der Waals surface area contributed by atoms with Crippen molar-refractivity contribution < 1.29 is 19.0 Å². The van der Waals surface area contributed by atoms with Crippen LogP contribution in [0.4, 0.5) is 0 Å². The van der Waals surface area contributed by atoms with Gasteiger partial charge in [-0.3, -0.25) is 4.98 Å². The molecule has 4 aromatic rings. The number of rotatable bonds is 4. The fraction of sp³-hybridized carbons (Fsp3) is 0.0833. The molecule has 142 valence electrons. The van der Waals surface area contributed by atoms with Crippen LogP contribution in [0, 0.1) is 0 Å². The van der Waals surface area contributed by atoms with Gasteiger partial charge in [0.2, 0.25) is 6.79 Å². The molecule has 0 fully saturated rings. The molecule has 1 aliphatic rings. The standard InChI is InChI=1S/C24H17NO4/c26-24(17-7-2-1-3-8-17)29-23(18-10-11-20-21(14-18)28-15-27-20)22-19-9-5-4-6-16(19)12-13-25-22/h1-14,23H,15H2. The van der Waals surface area contributed by atoms with Gasteiger partial charge in [0.25, 0.3) is 0 Å². The lowest BCUT2D eigenvalue weighted by atomic mass is 10.00. The van der Waals surface area contributed by atoms with Crippen molar-refractivity contribution in [1.29, 1.82) is 0 Å². The average molecular weight is 383 g/mol. The molecule has 2 heterocycles. The summed E-state index contributed by atoms with van der Waals surface area (Å²) in [6.45, 7) is 0.180. The van der Waals surface area contributed by atoms with Crippen LogP contribution in [-0.4, -0.2) is 17.7 Å². The van der Waals surface area contributed by atoms with Crippen LogP contribution in [0.3, 0.4) is 0 Å². The van der Waals surface area contributed by atoms with E-state index >= 15 is 0 Å². The Morgan fingerprint density at radius 2 is 1.69 bits per heavy atom. The highest BCUT2D eigenvalue weighted by atomic mass is 16.7. The highest BCUT2D eigenvalue weighted by molar-refractivity contribution is 5.90. The number of esters is 1. The molecule has 0 amide bonds. The predicted octanol–water partition coefficient (Wildman–Crippen LogP) is 4.91. The SMILES string of the molecule is O=C(OC(c1ccc2c(c1)OCO2)c1nccc2ccccc12)c1ccccc1. The molecule has 1 atom stereocenters. The number of carbonyl (C=O) groups excluding carboxylic acids is 1. The van der Waals surface area contributed by atoms with Crippen molar-refractivity contribution in [3.05, 3.63) is 102 Å². The molecule has 29 heavy (non-hydrogen) atoms. The molecule has 0 spiro atoms. The lowest BCUT2D eigenvalue weighted by Gasteiger charge is -2.20. The zero-order valence-electron chi connectivity index (χ0n) is 15.4. The molecule has 5 rings (SSSR count). The van der Waals surface area contributed by atoms with E-state index in [0.29, 0.717) is 22.8 Å². The third-order valence-electron chi connectivity index (χ3n) is 4.89. The highest BCUT2D eigenvalue weighted by Crippen LogP contribution is 2.38. The lowest BCUT2D eigenvalue weighted by Crippen LogP contribution is -2.14. The molecular weight excluding hydrogens is 366 g/mol. The zero-order valence-corrected chi connectivity index (χ0v) is 15.4. The molecule has 0 aliphatic carbocycles. The number of carbonyl (C=O) groups is 1. The second kappa shape index (κ2) is 7.28. The summed E-state index contributed by atoms with van der Waals surface area (Å²) in [7, 11) is 0. The smallest absolute Gasteiger partial charge is 0.339 e. The quantitative estimate of drug-likeness (QED) is 0.469. The number of ether oxygens (including phenoxy) is 3. The molecular formula is C24H17NO4. The summed E-state index contributed by atoms with van der Waals surface area (Å²) in [4.78, 5) is 17.4. The van der Waals surface area contributed by atoms with Gasteiger partial charge in [0.05, 0.1) is 11.3 Å². The largest absolute Gasteiger partial charge is 0.454 e. The molecule has 5 heteroatoms. The van der Waals surface area contributed by atoms with Crippen LogP contribution in [0.25, 0.3) is 10.8 Å². The lowest BCUT2D eigenvalue weighted by molar-refractivity contribution is 0.0373. The fourth-order valence-electron chi connectivity index (χ4n) is 3.46. The van der Waals surface area contributed by atoms with Gasteiger partial charge in [-0.05, 0) is 35.7 Å². The van der Waals surface area contributed by atoms with E-state index in [1.165, 1.54) is 0 Å². The van der Waals surface area contributed by atoms with E-state index in [2.05, 4.69) is 4.98 Å². The number of aromatic nitrogens is 1. The first-order chi connectivity index (χ1) is 14.3. The molecule has 1 aliphatic heterocycles. The van der Waals surface area contributed by atoms with Gasteiger partial charge in [-0.15, -0.1) is 0 Å². The number of hydrogen-bond acceptors (Lipinski definition) is 5. The Balaban J connectivity index is 1.62. The Morgan fingerprint density at radius 3 is 2.59 bits per heavy atom. The van der Waals surface area contributed by atoms with Crippen LogP contribution in [0.5, 0.6) is 11.5 Å². The average Bonchev–Trinajstić information content (AvgIpc) is 3.25. The van der Waals surface area contributed by atoms with E-state index in [9.17, 15) is 4.79 Å². The maximum Gasteiger partial charge on any atom is 0.339 e. The monoisotopic (exact) mass is 383 g/mol. The van der Waals surface area contributed by atoms with E-state index in [1.54, 1.807) is 18.3 Å². The van der Waals surface area contributed by atoms with Crippen LogP contribution in [-0.2, 0) is 4.74 Å². The number of nitrogens with zero attached hydrogens (tertiary/aromatic N) is 1. The van der Waals surface area contributed by atoms with Gasteiger partial charge in [-0.25, -0.2) is 4.79 Å². The van der Waals surface area contributed by atoms with Crippen molar-refractivity contribution in [2.75, 3.05) is 6.79 Å². The minimum atomic E-state index is -0.691. The minimum Gasteiger partial charge on any atom is -0.454 e. The number of pyridine rings is 1. The van der Waals surface area contributed by atoms with Crippen LogP contribution in [0.2, 0.25) is 0 Å². The molecule has 0 radical (unpaired) electrons. The molecule has 0 saturated carbocycles. The molecule has 0 N–H and O–H groups in total. The Bertz CT molecular complexity index is 1180. The Kier molecular flexibility index (Phi) is 4.33. The molecule has 0 bridgehead atoms. The fourth-order valence-corrected chi connectivity index (χ4v) is 3.46. The first kappa shape index (κ1) is 17.3. The third kappa shape index (κ3) is 3.27. The second-order valence-corrected chi connectivity index (χ2v) is 6.68. The van der Waals surface area contributed by atoms with Crippen LogP contribution in [0.15, 0.2) is 85.1 Å². The van der Waals surface area contributed by atoms with Crippen molar-refractivity contribution in [2.45, 2.75) is 6.10 Å². The maximum atomic E-state index is 12.9. The topological polar surface area (TPSA) is 57.7 Å². The molecule has 5 nitrogen and oxygen atoms in total. The van der Waals surface area contributed by atoms with Crippen molar-refractivity contribution in [3.63, 3.8) is 0 Å². The van der Waals surface area contributed by atoms with Gasteiger partial charge < -0.3 is 14.2 Å². The Hall–Kier alpha value is -3.86. The Labute approximate surface area is 167 Å². The third-order valence-corrected chi connectivity index (χ3v) is 4.89. The van der Waals surface area contributed by atoms with Gasteiger partial charge >= 0.3 is 5.97 Å². The predicted molar refractivity (Wildman–Crippen MR) is 108 cm³/mol. The van der Waals surface area contributed by atoms with Gasteiger partial charge in [0, 0.05) is 17.1 Å². The van der Waals surface area contributed by atoms with Gasteiger partial charge in [0.1, 0.15) is 0 Å². The maximum absolute atomic E-state index is 12.9. The number of hydrogen-bond donors (Lipinski definition) is 0. The summed E-state index contributed by atoms with van der Waals surface area (Å²) in [5.74, 6) is 0.888. The second-order valence-electron chi connectivity index (χ2n) is 6.68. The first-order valence-electron chi connectivity index (χ1n) is 9.29. The van der Waals surface area contributed by atoms with Crippen LogP contribution in [0.1, 0.15) is 27.7 Å². The van der Waals surface area contributed by atoms with Crippen molar-refractivity contribution >= 4 is 16.7 Å². The molecule has 1 aromatic heterocycles.